The Labute approximate surface area is 120 Å². The number of sulfonamides is 1. The Bertz CT molecular complexity index is 521. The maximum absolute atomic E-state index is 12.2. The van der Waals surface area contributed by atoms with E-state index in [2.05, 4.69) is 4.72 Å². The number of rotatable bonds is 9. The van der Waals surface area contributed by atoms with Crippen molar-refractivity contribution in [2.24, 2.45) is 0 Å². The molecule has 0 aliphatic carbocycles. The van der Waals surface area contributed by atoms with Crippen LogP contribution in [-0.4, -0.2) is 33.8 Å². The van der Waals surface area contributed by atoms with E-state index in [-0.39, 0.29) is 11.5 Å². The van der Waals surface area contributed by atoms with Crippen molar-refractivity contribution < 1.29 is 22.7 Å². The van der Waals surface area contributed by atoms with Gasteiger partial charge in [0.2, 0.25) is 10.0 Å². The van der Waals surface area contributed by atoms with E-state index < -0.39 is 10.0 Å². The van der Waals surface area contributed by atoms with Crippen molar-refractivity contribution in [2.75, 3.05) is 20.3 Å². The van der Waals surface area contributed by atoms with Gasteiger partial charge in [-0.15, -0.1) is 0 Å². The Morgan fingerprint density at radius 3 is 2.50 bits per heavy atom. The van der Waals surface area contributed by atoms with Crippen LogP contribution in [0.1, 0.15) is 36.3 Å². The lowest BCUT2D eigenvalue weighted by Crippen LogP contribution is -2.26. The van der Waals surface area contributed by atoms with Crippen molar-refractivity contribution >= 4 is 10.0 Å². The van der Waals surface area contributed by atoms with Crippen LogP contribution in [0.3, 0.4) is 0 Å². The van der Waals surface area contributed by atoms with E-state index >= 15 is 0 Å². The Balaban J connectivity index is 2.65. The van der Waals surface area contributed by atoms with Gasteiger partial charge in [0.25, 0.3) is 0 Å². The molecule has 7 heteroatoms. The van der Waals surface area contributed by atoms with Gasteiger partial charge in [0, 0.05) is 25.8 Å². The summed E-state index contributed by atoms with van der Waals surface area (Å²) in [6.45, 7) is 3.91. The molecular weight excluding hydrogens is 282 g/mol. The van der Waals surface area contributed by atoms with E-state index in [0.29, 0.717) is 30.2 Å². The first-order valence-electron chi connectivity index (χ1n) is 6.62. The summed E-state index contributed by atoms with van der Waals surface area (Å²) < 4.78 is 37.2. The second-order valence-electron chi connectivity index (χ2n) is 4.63. The molecule has 0 saturated heterocycles. The normalized spacial score (nSPS) is 12.0. The third kappa shape index (κ3) is 4.31. The monoisotopic (exact) mass is 305 g/mol. The lowest BCUT2D eigenvalue weighted by atomic mass is 10.2. The third-order valence-electron chi connectivity index (χ3n) is 3.07. The zero-order valence-corrected chi connectivity index (χ0v) is 13.0. The summed E-state index contributed by atoms with van der Waals surface area (Å²) in [6.07, 6.45) is 2.55. The average molecular weight is 305 g/mol. The van der Waals surface area contributed by atoms with Crippen molar-refractivity contribution in [3.63, 3.8) is 0 Å². The minimum Gasteiger partial charge on any atom is -0.465 e. The molecule has 1 aromatic rings. The molecule has 0 bridgehead atoms. The summed E-state index contributed by atoms with van der Waals surface area (Å²) in [4.78, 5) is 0.0643. The first kappa shape index (κ1) is 17.2. The molecule has 1 aromatic heterocycles. The van der Waals surface area contributed by atoms with E-state index in [0.717, 1.165) is 19.3 Å². The highest BCUT2D eigenvalue weighted by atomic mass is 32.2. The zero-order chi connectivity index (χ0) is 15.2. The van der Waals surface area contributed by atoms with Crippen molar-refractivity contribution in [1.82, 2.24) is 4.72 Å². The predicted octanol–water partition coefficient (Wildman–Crippen LogP) is 1.48. The van der Waals surface area contributed by atoms with E-state index in [1.54, 1.807) is 21.0 Å². The second kappa shape index (κ2) is 7.78. The second-order valence-corrected chi connectivity index (χ2v) is 6.34. The summed E-state index contributed by atoms with van der Waals surface area (Å²) in [5, 5.41) is 9.28. The van der Waals surface area contributed by atoms with Gasteiger partial charge in [-0.3, -0.25) is 0 Å². The zero-order valence-electron chi connectivity index (χ0n) is 12.2. The van der Waals surface area contributed by atoms with Crippen LogP contribution in [0.15, 0.2) is 9.31 Å². The molecule has 0 radical (unpaired) electrons. The molecule has 1 heterocycles. The lowest BCUT2D eigenvalue weighted by Gasteiger charge is -2.07. The SMILES string of the molecule is COCCCCCNS(=O)(=O)c1c(C)oc(C)c1CO. The number of ether oxygens (including phenoxy) is 1. The molecule has 2 N–H and O–H groups in total. The number of aliphatic hydroxyl groups is 1. The molecule has 20 heavy (non-hydrogen) atoms. The number of aryl methyl sites for hydroxylation is 2. The topological polar surface area (TPSA) is 88.8 Å². The highest BCUT2D eigenvalue weighted by Crippen LogP contribution is 2.26. The summed E-state index contributed by atoms with van der Waals surface area (Å²) in [5.74, 6) is 0.740. The van der Waals surface area contributed by atoms with Gasteiger partial charge in [-0.1, -0.05) is 0 Å². The standard InChI is InChI=1S/C13H23NO5S/c1-10-12(9-15)13(11(2)19-10)20(16,17)14-7-5-4-6-8-18-3/h14-15H,4-9H2,1-3H3. The molecule has 0 aliphatic rings. The molecule has 0 aliphatic heterocycles. The van der Waals surface area contributed by atoms with Crippen LogP contribution in [0, 0.1) is 13.8 Å². The number of hydrogen-bond acceptors (Lipinski definition) is 5. The predicted molar refractivity (Wildman–Crippen MR) is 75.0 cm³/mol. The van der Waals surface area contributed by atoms with Crippen LogP contribution in [0.5, 0.6) is 0 Å². The molecule has 0 aromatic carbocycles. The number of hydrogen-bond donors (Lipinski definition) is 2. The maximum Gasteiger partial charge on any atom is 0.244 e. The Morgan fingerprint density at radius 2 is 1.90 bits per heavy atom. The van der Waals surface area contributed by atoms with Gasteiger partial charge in [0.1, 0.15) is 16.4 Å². The van der Waals surface area contributed by atoms with Crippen LogP contribution in [0.2, 0.25) is 0 Å². The van der Waals surface area contributed by atoms with Crippen molar-refractivity contribution in [3.05, 3.63) is 17.1 Å². The van der Waals surface area contributed by atoms with Gasteiger partial charge >= 0.3 is 0 Å². The molecule has 0 fully saturated rings. The molecule has 0 amide bonds. The Hall–Kier alpha value is -0.890. The smallest absolute Gasteiger partial charge is 0.244 e. The van der Waals surface area contributed by atoms with Crippen molar-refractivity contribution in [1.29, 1.82) is 0 Å². The molecule has 0 spiro atoms. The summed E-state index contributed by atoms with van der Waals surface area (Å²) >= 11 is 0. The van der Waals surface area contributed by atoms with Crippen LogP contribution < -0.4 is 4.72 Å². The van der Waals surface area contributed by atoms with Gasteiger partial charge in [0.05, 0.1) is 6.61 Å². The largest absolute Gasteiger partial charge is 0.465 e. The van der Waals surface area contributed by atoms with Gasteiger partial charge in [-0.05, 0) is 33.1 Å². The Kier molecular flexibility index (Phi) is 6.67. The van der Waals surface area contributed by atoms with E-state index in [9.17, 15) is 13.5 Å². The van der Waals surface area contributed by atoms with E-state index in [1.165, 1.54) is 0 Å². The number of nitrogens with one attached hydrogen (secondary N) is 1. The van der Waals surface area contributed by atoms with Crippen molar-refractivity contribution in [2.45, 2.75) is 44.6 Å². The van der Waals surface area contributed by atoms with Crippen LogP contribution in [0.4, 0.5) is 0 Å². The molecule has 116 valence electrons. The molecule has 0 saturated carbocycles. The minimum absolute atomic E-state index is 0.0643. The summed E-state index contributed by atoms with van der Waals surface area (Å²) in [6, 6.07) is 0. The maximum atomic E-state index is 12.2. The van der Waals surface area contributed by atoms with Gasteiger partial charge in [-0.2, -0.15) is 0 Å². The fourth-order valence-electron chi connectivity index (χ4n) is 2.07. The lowest BCUT2D eigenvalue weighted by molar-refractivity contribution is 0.192. The van der Waals surface area contributed by atoms with E-state index in [1.807, 2.05) is 0 Å². The third-order valence-corrected chi connectivity index (χ3v) is 4.72. The fraction of sp³-hybridized carbons (Fsp3) is 0.692. The summed E-state index contributed by atoms with van der Waals surface area (Å²) in [5.41, 5.74) is 0.328. The Morgan fingerprint density at radius 1 is 1.20 bits per heavy atom. The molecule has 0 unspecified atom stereocenters. The van der Waals surface area contributed by atoms with Gasteiger partial charge < -0.3 is 14.3 Å². The van der Waals surface area contributed by atoms with Crippen LogP contribution in [-0.2, 0) is 21.4 Å². The average Bonchev–Trinajstić information content (AvgIpc) is 2.68. The molecular formula is C13H23NO5S. The molecule has 1 rings (SSSR count). The number of furan rings is 1. The number of aliphatic hydroxyl groups excluding tert-OH is 1. The van der Waals surface area contributed by atoms with Crippen LogP contribution >= 0.6 is 0 Å². The molecule has 0 atom stereocenters. The fourth-order valence-corrected chi connectivity index (χ4v) is 3.58. The van der Waals surface area contributed by atoms with Crippen molar-refractivity contribution in [3.8, 4) is 0 Å². The van der Waals surface area contributed by atoms with Gasteiger partial charge in [-0.25, -0.2) is 13.1 Å². The quantitative estimate of drug-likeness (QED) is 0.675. The highest BCUT2D eigenvalue weighted by Gasteiger charge is 2.25. The number of methoxy groups -OCH3 is 1. The molecule has 6 nitrogen and oxygen atoms in total. The first-order chi connectivity index (χ1) is 9.44. The first-order valence-corrected chi connectivity index (χ1v) is 8.10. The highest BCUT2D eigenvalue weighted by molar-refractivity contribution is 7.89. The van der Waals surface area contributed by atoms with Gasteiger partial charge in [0.15, 0.2) is 0 Å². The summed E-state index contributed by atoms with van der Waals surface area (Å²) in [7, 11) is -2.00. The number of unbranched alkanes of at least 4 members (excludes halogenated alkanes) is 2. The van der Waals surface area contributed by atoms with E-state index in [4.69, 9.17) is 9.15 Å². The minimum atomic E-state index is -3.64. The van der Waals surface area contributed by atoms with Crippen LogP contribution in [0.25, 0.3) is 0 Å².